The molecule has 31 heavy (non-hydrogen) atoms. The second-order valence-corrected chi connectivity index (χ2v) is 9.26. The van der Waals surface area contributed by atoms with Gasteiger partial charge in [0, 0.05) is 31.3 Å². The lowest BCUT2D eigenvalue weighted by atomic mass is 10.0. The first-order valence-electron chi connectivity index (χ1n) is 12.1. The average Bonchev–Trinajstić information content (AvgIpc) is 3.50. The van der Waals surface area contributed by atoms with Crippen LogP contribution in [0.15, 0.2) is 18.2 Å². The molecule has 2 fully saturated rings. The first-order chi connectivity index (χ1) is 15.2. The number of hydrogen-bond donors (Lipinski definition) is 1. The number of ketones is 1. The van der Waals surface area contributed by atoms with Gasteiger partial charge < -0.3 is 19.7 Å². The van der Waals surface area contributed by atoms with Crippen molar-refractivity contribution in [3.05, 3.63) is 23.8 Å². The Morgan fingerprint density at radius 1 is 1.00 bits per heavy atom. The van der Waals surface area contributed by atoms with Gasteiger partial charge in [-0.25, -0.2) is 0 Å². The van der Waals surface area contributed by atoms with Crippen LogP contribution >= 0.6 is 0 Å². The van der Waals surface area contributed by atoms with Crippen LogP contribution in [-0.2, 0) is 16.0 Å². The van der Waals surface area contributed by atoms with E-state index in [1.807, 2.05) is 6.07 Å². The van der Waals surface area contributed by atoms with Gasteiger partial charge in [-0.05, 0) is 75.7 Å². The second kappa shape index (κ2) is 11.0. The number of unbranched alkanes of at least 4 members (excludes halogenated alkanes) is 2. The molecule has 0 bridgehead atoms. The summed E-state index contributed by atoms with van der Waals surface area (Å²) < 4.78 is 11.4. The number of ether oxygens (including phenoxy) is 2. The Balaban J connectivity index is 1.25. The third-order valence-corrected chi connectivity index (χ3v) is 6.49. The molecule has 6 nitrogen and oxygen atoms in total. The quantitative estimate of drug-likeness (QED) is 0.516. The molecule has 1 aromatic rings. The Morgan fingerprint density at radius 2 is 1.74 bits per heavy atom. The van der Waals surface area contributed by atoms with E-state index in [1.165, 1.54) is 12.8 Å². The van der Waals surface area contributed by atoms with E-state index in [9.17, 15) is 9.59 Å². The van der Waals surface area contributed by atoms with E-state index in [-0.39, 0.29) is 11.9 Å². The Morgan fingerprint density at radius 3 is 2.52 bits per heavy atom. The van der Waals surface area contributed by atoms with Gasteiger partial charge in [0.05, 0.1) is 0 Å². The van der Waals surface area contributed by atoms with Gasteiger partial charge in [0.25, 0.3) is 0 Å². The maximum atomic E-state index is 12.6. The summed E-state index contributed by atoms with van der Waals surface area (Å²) in [6, 6.07) is 6.19. The molecule has 2 aliphatic heterocycles. The topological polar surface area (TPSA) is 67.9 Å². The normalized spacial score (nSPS) is 19.2. The summed E-state index contributed by atoms with van der Waals surface area (Å²) in [5, 5.41) is 3.28. The number of carbonyl (C=O) groups is 2. The molecule has 1 saturated carbocycles. The largest absolute Gasteiger partial charge is 0.486 e. The molecule has 1 aliphatic carbocycles. The number of nitrogens with one attached hydrogen (secondary N) is 1. The molecule has 4 rings (SSSR count). The minimum Gasteiger partial charge on any atom is -0.486 e. The Labute approximate surface area is 185 Å². The van der Waals surface area contributed by atoms with Crippen molar-refractivity contribution in [3.63, 3.8) is 0 Å². The van der Waals surface area contributed by atoms with Crippen molar-refractivity contribution in [1.82, 2.24) is 10.2 Å². The van der Waals surface area contributed by atoms with Crippen molar-refractivity contribution in [2.45, 2.75) is 70.3 Å². The van der Waals surface area contributed by atoms with Crippen molar-refractivity contribution < 1.29 is 19.1 Å². The van der Waals surface area contributed by atoms with Gasteiger partial charge in [-0.3, -0.25) is 9.59 Å². The van der Waals surface area contributed by atoms with E-state index in [0.717, 1.165) is 75.2 Å². The fraction of sp³-hybridized carbons (Fsp3) is 0.680. The summed E-state index contributed by atoms with van der Waals surface area (Å²) >= 11 is 0. The Bertz CT molecular complexity index is 756. The molecule has 2 heterocycles. The highest BCUT2D eigenvalue weighted by Gasteiger charge is 2.28. The minimum absolute atomic E-state index is 0.0876. The van der Waals surface area contributed by atoms with E-state index >= 15 is 0 Å². The maximum absolute atomic E-state index is 12.6. The van der Waals surface area contributed by atoms with Crippen molar-refractivity contribution >= 4 is 11.7 Å². The Kier molecular flexibility index (Phi) is 7.84. The monoisotopic (exact) mass is 428 g/mol. The zero-order valence-corrected chi connectivity index (χ0v) is 18.6. The van der Waals surface area contributed by atoms with E-state index in [1.54, 1.807) is 0 Å². The number of amides is 1. The summed E-state index contributed by atoms with van der Waals surface area (Å²) in [7, 11) is 0. The van der Waals surface area contributed by atoms with Crippen LogP contribution in [0.5, 0.6) is 11.5 Å². The van der Waals surface area contributed by atoms with Crippen molar-refractivity contribution in [3.8, 4) is 11.5 Å². The molecule has 6 heteroatoms. The molecule has 1 aromatic carbocycles. The molecule has 0 spiro atoms. The van der Waals surface area contributed by atoms with Gasteiger partial charge >= 0.3 is 0 Å². The highest BCUT2D eigenvalue weighted by Crippen LogP contribution is 2.32. The average molecular weight is 429 g/mol. The fourth-order valence-corrected chi connectivity index (χ4v) is 4.61. The molecule has 1 N–H and O–H groups in total. The molecular formula is C25H36N2O4. The predicted octanol–water partition coefficient (Wildman–Crippen LogP) is 3.51. The zero-order chi connectivity index (χ0) is 21.5. The third-order valence-electron chi connectivity index (χ3n) is 6.49. The molecule has 1 saturated heterocycles. The van der Waals surface area contributed by atoms with Crippen LogP contribution in [0.1, 0.15) is 63.4 Å². The summed E-state index contributed by atoms with van der Waals surface area (Å²) in [6.45, 7) is 4.28. The lowest BCUT2D eigenvalue weighted by Gasteiger charge is -2.25. The van der Waals surface area contributed by atoms with Crippen LogP contribution in [0.3, 0.4) is 0 Å². The first-order valence-corrected chi connectivity index (χ1v) is 12.1. The number of benzene rings is 1. The fourth-order valence-electron chi connectivity index (χ4n) is 4.61. The van der Waals surface area contributed by atoms with E-state index in [0.29, 0.717) is 37.8 Å². The van der Waals surface area contributed by atoms with Gasteiger partial charge in [-0.1, -0.05) is 12.5 Å². The molecule has 1 unspecified atom stereocenters. The lowest BCUT2D eigenvalue weighted by Crippen LogP contribution is -2.44. The molecule has 170 valence electrons. The summed E-state index contributed by atoms with van der Waals surface area (Å²) in [6.07, 6.45) is 9.38. The highest BCUT2D eigenvalue weighted by atomic mass is 16.6. The summed E-state index contributed by atoms with van der Waals surface area (Å²) in [5.74, 6) is 2.51. The number of nitrogens with zero attached hydrogens (tertiary/aromatic N) is 1. The lowest BCUT2D eigenvalue weighted by molar-refractivity contribution is -0.122. The maximum Gasteiger partial charge on any atom is 0.220 e. The smallest absolute Gasteiger partial charge is 0.220 e. The van der Waals surface area contributed by atoms with Gasteiger partial charge in [0.15, 0.2) is 11.5 Å². The summed E-state index contributed by atoms with van der Waals surface area (Å²) in [5.41, 5.74) is 1.16. The standard InChI is InChI=1S/C25H36N2O4/c28-22(20-9-10-20)6-2-1-3-7-25(29)26-21(18-27-12-4-5-13-27)16-19-8-11-23-24(17-19)31-15-14-30-23/h8,11,17,20-21H,1-7,9-10,12-16,18H2,(H,26,29). The van der Waals surface area contributed by atoms with Gasteiger partial charge in [0.1, 0.15) is 19.0 Å². The molecule has 3 aliphatic rings. The third kappa shape index (κ3) is 6.96. The number of rotatable bonds is 12. The first kappa shape index (κ1) is 22.1. The zero-order valence-electron chi connectivity index (χ0n) is 18.6. The van der Waals surface area contributed by atoms with Crippen molar-refractivity contribution in [2.75, 3.05) is 32.8 Å². The molecule has 1 amide bonds. The number of fused-ring (bicyclic) bond motifs is 1. The van der Waals surface area contributed by atoms with Crippen molar-refractivity contribution in [2.24, 2.45) is 5.92 Å². The van der Waals surface area contributed by atoms with Crippen LogP contribution in [0.4, 0.5) is 0 Å². The molecule has 0 radical (unpaired) electrons. The van der Waals surface area contributed by atoms with Crippen molar-refractivity contribution in [1.29, 1.82) is 0 Å². The van der Waals surface area contributed by atoms with Gasteiger partial charge in [0.2, 0.25) is 5.91 Å². The second-order valence-electron chi connectivity index (χ2n) is 9.26. The summed E-state index contributed by atoms with van der Waals surface area (Å²) in [4.78, 5) is 26.9. The van der Waals surface area contributed by atoms with Crippen LogP contribution < -0.4 is 14.8 Å². The number of carbonyl (C=O) groups excluding carboxylic acids is 2. The number of likely N-dealkylation sites (tertiary alicyclic amines) is 1. The SMILES string of the molecule is O=C(CCCCCC(=O)C1CC1)NC(Cc1ccc2c(c1)OCCO2)CN1CCCC1. The molecule has 0 aromatic heterocycles. The van der Waals surface area contributed by atoms with Crippen LogP contribution in [0, 0.1) is 5.92 Å². The number of Topliss-reactive ketones (excluding diaryl/α,β-unsaturated/α-hetero) is 1. The van der Waals surface area contributed by atoms with E-state index < -0.39 is 0 Å². The molecule has 1 atom stereocenters. The number of hydrogen-bond acceptors (Lipinski definition) is 5. The predicted molar refractivity (Wildman–Crippen MR) is 120 cm³/mol. The van der Waals surface area contributed by atoms with E-state index in [4.69, 9.17) is 9.47 Å². The Hall–Kier alpha value is -2.08. The minimum atomic E-state index is 0.0876. The van der Waals surface area contributed by atoms with Crippen LogP contribution in [-0.4, -0.2) is 55.5 Å². The van der Waals surface area contributed by atoms with E-state index in [2.05, 4.69) is 22.3 Å². The highest BCUT2D eigenvalue weighted by molar-refractivity contribution is 5.83. The van der Waals surface area contributed by atoms with Crippen LogP contribution in [0.25, 0.3) is 0 Å². The van der Waals surface area contributed by atoms with Gasteiger partial charge in [-0.15, -0.1) is 0 Å². The van der Waals surface area contributed by atoms with Gasteiger partial charge in [-0.2, -0.15) is 0 Å². The van der Waals surface area contributed by atoms with Crippen LogP contribution in [0.2, 0.25) is 0 Å². The molecular weight excluding hydrogens is 392 g/mol.